The Labute approximate surface area is 416 Å². The summed E-state index contributed by atoms with van der Waals surface area (Å²) < 4.78 is 32.5. The van der Waals surface area contributed by atoms with Crippen molar-refractivity contribution in [1.82, 2.24) is 16.0 Å². The molecule has 0 saturated carbocycles. The lowest BCUT2D eigenvalue weighted by atomic mass is 9.99. The molecule has 0 spiro atoms. The molecule has 0 aliphatic heterocycles. The van der Waals surface area contributed by atoms with Crippen LogP contribution >= 0.6 is 23.5 Å². The van der Waals surface area contributed by atoms with Gasteiger partial charge in [-0.15, -0.1) is 23.5 Å². The highest BCUT2D eigenvalue weighted by atomic mass is 32.2. The van der Waals surface area contributed by atoms with Crippen LogP contribution in [0.1, 0.15) is 99.1 Å². The largest absolute Gasteiger partial charge is 0.460 e. The molecule has 3 aromatic rings. The molecular weight excluding hydrogens is 923 g/mol. The minimum atomic E-state index is -1.22. The number of amides is 3. The van der Waals surface area contributed by atoms with Crippen LogP contribution in [-0.2, 0) is 47.6 Å². The summed E-state index contributed by atoms with van der Waals surface area (Å²) in [5.41, 5.74) is 1.87. The highest BCUT2D eigenvalue weighted by Crippen LogP contribution is 2.29. The number of carbonyl (C=O) groups excluding carboxylic acids is 6. The van der Waals surface area contributed by atoms with Crippen molar-refractivity contribution in [2.45, 2.75) is 108 Å². The fraction of sp³-hybridized carbons (Fsp3) is 0.538. The Balaban J connectivity index is 1.55. The molecule has 69 heavy (non-hydrogen) atoms. The van der Waals surface area contributed by atoms with E-state index in [1.165, 1.54) is 0 Å². The number of rotatable bonds is 32. The second-order valence-electron chi connectivity index (χ2n) is 18.2. The van der Waals surface area contributed by atoms with Crippen molar-refractivity contribution in [3.05, 3.63) is 95.1 Å². The number of thioether (sulfide) groups is 2. The van der Waals surface area contributed by atoms with Gasteiger partial charge < -0.3 is 44.4 Å². The lowest BCUT2D eigenvalue weighted by molar-refractivity contribution is -0.157. The second kappa shape index (κ2) is 31.4. The first-order chi connectivity index (χ1) is 32.8. The zero-order chi connectivity index (χ0) is 50.7. The van der Waals surface area contributed by atoms with Crippen LogP contribution in [0.3, 0.4) is 0 Å². The normalized spacial score (nSPS) is 12.0. The standard InChI is InChI=1S/C52H73N3O12S2/c1-37-10-18-42(19-11-37)68-35-41(36-69-43-20-12-38(2)13-21-43)48(59)39-14-16-40(17-15-39)49(60)55-44(34-45(56)53-25-29-65-33-32-64-28-23-47(58)67-52(6,7)8)50(61)54-24-9-26-62-30-31-63-27-22-46(57)66-51(3,4)5/h10-21,41,44H,9,22-36H2,1-8H3,(H,53,56)(H,54,61)(H,55,60). The monoisotopic (exact) mass is 995 g/mol. The smallest absolute Gasteiger partial charge is 0.308 e. The number of aryl methyl sites for hydroxylation is 2. The van der Waals surface area contributed by atoms with Gasteiger partial charge in [-0.2, -0.15) is 0 Å². The van der Waals surface area contributed by atoms with E-state index in [1.54, 1.807) is 89.3 Å². The van der Waals surface area contributed by atoms with E-state index in [-0.39, 0.29) is 108 Å². The average molecular weight is 996 g/mol. The van der Waals surface area contributed by atoms with Crippen LogP contribution in [0, 0.1) is 19.8 Å². The van der Waals surface area contributed by atoms with E-state index in [4.69, 9.17) is 28.4 Å². The van der Waals surface area contributed by atoms with Crippen LogP contribution < -0.4 is 16.0 Å². The molecule has 0 aromatic heterocycles. The van der Waals surface area contributed by atoms with E-state index in [0.29, 0.717) is 30.1 Å². The van der Waals surface area contributed by atoms with Gasteiger partial charge in [-0.05, 0) is 98.2 Å². The average Bonchev–Trinajstić information content (AvgIpc) is 3.28. The number of nitrogens with one attached hydrogen (secondary N) is 3. The Hall–Kier alpha value is -4.78. The van der Waals surface area contributed by atoms with Crippen molar-refractivity contribution in [1.29, 1.82) is 0 Å². The molecule has 380 valence electrons. The Morgan fingerprint density at radius 2 is 0.986 bits per heavy atom. The lowest BCUT2D eigenvalue weighted by Gasteiger charge is -2.19. The first-order valence-electron chi connectivity index (χ1n) is 23.4. The Kier molecular flexibility index (Phi) is 26.7. The number of ether oxygens (including phenoxy) is 6. The minimum absolute atomic E-state index is 0.0421. The van der Waals surface area contributed by atoms with Crippen molar-refractivity contribution >= 4 is 59.0 Å². The molecule has 1 atom stereocenters. The van der Waals surface area contributed by atoms with Gasteiger partial charge in [-0.1, -0.05) is 47.5 Å². The van der Waals surface area contributed by atoms with Crippen molar-refractivity contribution < 1.29 is 57.2 Å². The van der Waals surface area contributed by atoms with E-state index in [2.05, 4.69) is 40.2 Å². The van der Waals surface area contributed by atoms with Crippen LogP contribution in [-0.4, -0.2) is 130 Å². The molecule has 0 aliphatic rings. The Morgan fingerprint density at radius 3 is 1.46 bits per heavy atom. The molecule has 0 heterocycles. The molecule has 3 amide bonds. The maximum absolute atomic E-state index is 14.0. The van der Waals surface area contributed by atoms with Gasteiger partial charge in [0.1, 0.15) is 17.2 Å². The minimum Gasteiger partial charge on any atom is -0.460 e. The first kappa shape index (κ1) is 58.5. The third-order valence-corrected chi connectivity index (χ3v) is 11.9. The number of ketones is 1. The molecule has 0 aliphatic carbocycles. The third-order valence-electron chi connectivity index (χ3n) is 9.58. The quantitative estimate of drug-likeness (QED) is 0.0244. The summed E-state index contributed by atoms with van der Waals surface area (Å²) in [4.78, 5) is 80.0. The topological polar surface area (TPSA) is 194 Å². The highest BCUT2D eigenvalue weighted by Gasteiger charge is 2.26. The van der Waals surface area contributed by atoms with Gasteiger partial charge >= 0.3 is 11.9 Å². The van der Waals surface area contributed by atoms with E-state index in [1.807, 2.05) is 38.1 Å². The van der Waals surface area contributed by atoms with E-state index in [9.17, 15) is 28.8 Å². The molecule has 17 heteroatoms. The van der Waals surface area contributed by atoms with Crippen molar-refractivity contribution in [3.8, 4) is 0 Å². The molecule has 3 N–H and O–H groups in total. The van der Waals surface area contributed by atoms with Gasteiger partial charge in [0.25, 0.3) is 5.91 Å². The van der Waals surface area contributed by atoms with Crippen LogP contribution in [0.2, 0.25) is 0 Å². The van der Waals surface area contributed by atoms with Gasteiger partial charge in [-0.25, -0.2) is 0 Å². The summed E-state index contributed by atoms with van der Waals surface area (Å²) in [6, 6.07) is 21.5. The van der Waals surface area contributed by atoms with Gasteiger partial charge in [0.15, 0.2) is 5.78 Å². The molecule has 0 radical (unpaired) electrons. The van der Waals surface area contributed by atoms with Crippen molar-refractivity contribution in [2.24, 2.45) is 5.92 Å². The van der Waals surface area contributed by atoms with E-state index in [0.717, 1.165) is 20.9 Å². The Morgan fingerprint density at radius 1 is 0.536 bits per heavy atom. The molecule has 15 nitrogen and oxygen atoms in total. The second-order valence-corrected chi connectivity index (χ2v) is 20.4. The molecule has 3 aromatic carbocycles. The number of hydrogen-bond acceptors (Lipinski definition) is 14. The summed E-state index contributed by atoms with van der Waals surface area (Å²) in [5.74, 6) is -1.55. The van der Waals surface area contributed by atoms with Crippen LogP contribution in [0.4, 0.5) is 0 Å². The number of esters is 2. The zero-order valence-corrected chi connectivity index (χ0v) is 43.2. The fourth-order valence-electron chi connectivity index (χ4n) is 6.10. The summed E-state index contributed by atoms with van der Waals surface area (Å²) in [5, 5.41) is 8.21. The Bertz CT molecular complexity index is 1990. The summed E-state index contributed by atoms with van der Waals surface area (Å²) in [6.07, 6.45) is 0.355. The predicted molar refractivity (Wildman–Crippen MR) is 269 cm³/mol. The van der Waals surface area contributed by atoms with Gasteiger partial charge in [0.2, 0.25) is 11.8 Å². The lowest BCUT2D eigenvalue weighted by Crippen LogP contribution is -2.49. The SMILES string of the molecule is Cc1ccc(SCC(CSc2ccc(C)cc2)C(=O)c2ccc(C(=O)NC(CC(=O)NCCOCCOCCC(=O)OC(C)(C)C)C(=O)NCCCOCCOCCC(=O)OC(C)(C)C)cc2)cc1. The van der Waals surface area contributed by atoms with Crippen molar-refractivity contribution in [3.63, 3.8) is 0 Å². The summed E-state index contributed by atoms with van der Waals surface area (Å²) >= 11 is 3.26. The number of benzene rings is 3. The summed E-state index contributed by atoms with van der Waals surface area (Å²) in [7, 11) is 0. The van der Waals surface area contributed by atoms with Gasteiger partial charge in [0.05, 0.1) is 65.5 Å². The van der Waals surface area contributed by atoms with Crippen LogP contribution in [0.15, 0.2) is 82.6 Å². The fourth-order valence-corrected chi connectivity index (χ4v) is 8.24. The summed E-state index contributed by atoms with van der Waals surface area (Å²) in [6.45, 7) is 17.1. The van der Waals surface area contributed by atoms with Gasteiger partial charge in [-0.3, -0.25) is 28.8 Å². The first-order valence-corrected chi connectivity index (χ1v) is 25.4. The molecule has 0 fully saturated rings. The zero-order valence-electron chi connectivity index (χ0n) is 41.6. The predicted octanol–water partition coefficient (Wildman–Crippen LogP) is 7.33. The number of hydrogen-bond donors (Lipinski definition) is 3. The molecular formula is C52H73N3O12S2. The van der Waals surface area contributed by atoms with Gasteiger partial charge in [0, 0.05) is 58.0 Å². The number of carbonyl (C=O) groups is 6. The maximum atomic E-state index is 14.0. The molecule has 0 saturated heterocycles. The number of Topliss-reactive ketones (excluding diaryl/α,β-unsaturated/α-hetero) is 1. The maximum Gasteiger partial charge on any atom is 0.308 e. The van der Waals surface area contributed by atoms with Crippen molar-refractivity contribution in [2.75, 3.05) is 77.5 Å². The van der Waals surface area contributed by atoms with E-state index >= 15 is 0 Å². The van der Waals surface area contributed by atoms with Crippen LogP contribution in [0.5, 0.6) is 0 Å². The molecule has 3 rings (SSSR count). The van der Waals surface area contributed by atoms with Crippen LogP contribution in [0.25, 0.3) is 0 Å². The highest BCUT2D eigenvalue weighted by molar-refractivity contribution is 8.00. The molecule has 1 unspecified atom stereocenters. The molecule has 0 bridgehead atoms. The third kappa shape index (κ3) is 26.7. The van der Waals surface area contributed by atoms with E-state index < -0.39 is 35.0 Å².